The van der Waals surface area contributed by atoms with E-state index in [0.717, 1.165) is 5.39 Å². The number of thioether (sulfide) groups is 1. The minimum absolute atomic E-state index is 0.223. The first-order valence-corrected chi connectivity index (χ1v) is 12.9. The van der Waals surface area contributed by atoms with Gasteiger partial charge in [0.2, 0.25) is 10.0 Å². The molecule has 34 heavy (non-hydrogen) atoms. The first-order chi connectivity index (χ1) is 16.4. The fourth-order valence-corrected chi connectivity index (χ4v) is 5.91. The molecule has 5 rings (SSSR count). The molecule has 2 aliphatic heterocycles. The summed E-state index contributed by atoms with van der Waals surface area (Å²) >= 11 is 6.19. The summed E-state index contributed by atoms with van der Waals surface area (Å²) in [5.74, 6) is 6.30. The van der Waals surface area contributed by atoms with Crippen LogP contribution in [0, 0.1) is 11.8 Å². The average molecular weight is 512 g/mol. The minimum Gasteiger partial charge on any atom is -0.455 e. The summed E-state index contributed by atoms with van der Waals surface area (Å²) in [6, 6.07) is 8.23. The molecule has 0 spiro atoms. The van der Waals surface area contributed by atoms with Gasteiger partial charge in [0.15, 0.2) is 5.58 Å². The van der Waals surface area contributed by atoms with Gasteiger partial charge in [-0.2, -0.15) is 4.31 Å². The number of furan rings is 1. The van der Waals surface area contributed by atoms with Crippen molar-refractivity contribution in [1.29, 1.82) is 0 Å². The Labute approximate surface area is 205 Å². The van der Waals surface area contributed by atoms with Gasteiger partial charge in [-0.3, -0.25) is 9.78 Å². The molecule has 2 aromatic heterocycles. The van der Waals surface area contributed by atoms with Crippen LogP contribution in [-0.4, -0.2) is 54.2 Å². The number of rotatable bonds is 3. The number of benzene rings is 1. The van der Waals surface area contributed by atoms with Crippen molar-refractivity contribution < 1.29 is 22.4 Å². The SMILES string of the molecule is O=C1NC(=S)SC1=Cc1cc2cncc(C#Cc3ccc(S(=O)(=O)N4CCOCC4)cc3)c2o1. The number of hydrogen-bond donors (Lipinski definition) is 1. The predicted molar refractivity (Wildman–Crippen MR) is 132 cm³/mol. The standard InChI is InChI=1S/C23H17N3O5S3/c27-22-20(33-23(32)25-22)12-18-11-17-14-24-13-16(21(17)31-18)4-1-15-2-5-19(6-3-15)34(28,29)26-7-9-30-10-8-26/h2-3,5-6,11-14H,7-10H2,(H,25,27,32). The quantitative estimate of drug-likeness (QED) is 0.325. The minimum atomic E-state index is -3.55. The zero-order valence-corrected chi connectivity index (χ0v) is 20.1. The third-order valence-corrected chi connectivity index (χ3v) is 8.24. The molecule has 1 amide bonds. The van der Waals surface area contributed by atoms with Crippen LogP contribution < -0.4 is 5.32 Å². The molecular weight excluding hydrogens is 494 g/mol. The molecule has 0 bridgehead atoms. The van der Waals surface area contributed by atoms with Gasteiger partial charge in [0.25, 0.3) is 5.91 Å². The van der Waals surface area contributed by atoms with Gasteiger partial charge in [-0.15, -0.1) is 0 Å². The number of carbonyl (C=O) groups excluding carboxylic acids is 1. The molecule has 0 saturated carbocycles. The van der Waals surface area contributed by atoms with E-state index in [-0.39, 0.29) is 10.8 Å². The van der Waals surface area contributed by atoms with E-state index < -0.39 is 10.0 Å². The maximum atomic E-state index is 12.8. The van der Waals surface area contributed by atoms with Crippen molar-refractivity contribution in [3.63, 3.8) is 0 Å². The first-order valence-electron chi connectivity index (χ1n) is 10.2. The third-order valence-electron chi connectivity index (χ3n) is 5.16. The van der Waals surface area contributed by atoms with Crippen LogP contribution in [0.2, 0.25) is 0 Å². The number of amides is 1. The highest BCUT2D eigenvalue weighted by molar-refractivity contribution is 8.26. The van der Waals surface area contributed by atoms with E-state index in [4.69, 9.17) is 21.4 Å². The van der Waals surface area contributed by atoms with Gasteiger partial charge in [-0.25, -0.2) is 8.42 Å². The molecule has 3 aromatic rings. The van der Waals surface area contributed by atoms with E-state index in [1.165, 1.54) is 16.1 Å². The molecule has 0 aliphatic carbocycles. The summed E-state index contributed by atoms with van der Waals surface area (Å²) in [4.78, 5) is 16.8. The lowest BCUT2D eigenvalue weighted by Gasteiger charge is -2.26. The van der Waals surface area contributed by atoms with E-state index in [1.54, 1.807) is 48.8 Å². The summed E-state index contributed by atoms with van der Waals surface area (Å²) < 4.78 is 38.5. The van der Waals surface area contributed by atoms with E-state index in [2.05, 4.69) is 22.1 Å². The van der Waals surface area contributed by atoms with Crippen LogP contribution in [0.3, 0.4) is 0 Å². The Morgan fingerprint density at radius 1 is 1.15 bits per heavy atom. The van der Waals surface area contributed by atoms with Crippen molar-refractivity contribution in [2.75, 3.05) is 26.3 Å². The van der Waals surface area contributed by atoms with E-state index in [9.17, 15) is 13.2 Å². The van der Waals surface area contributed by atoms with Crippen LogP contribution in [0.5, 0.6) is 0 Å². The number of carbonyl (C=O) groups is 1. The summed E-state index contributed by atoms with van der Waals surface area (Å²) in [6.07, 6.45) is 4.88. The Morgan fingerprint density at radius 2 is 1.91 bits per heavy atom. The maximum absolute atomic E-state index is 12.8. The molecule has 2 saturated heterocycles. The Hall–Kier alpha value is -3.01. The normalized spacial score (nSPS) is 18.2. The molecule has 0 radical (unpaired) electrons. The number of aromatic nitrogens is 1. The largest absolute Gasteiger partial charge is 0.455 e. The average Bonchev–Trinajstić information content (AvgIpc) is 3.40. The van der Waals surface area contributed by atoms with Gasteiger partial charge >= 0.3 is 0 Å². The molecule has 11 heteroatoms. The van der Waals surface area contributed by atoms with Gasteiger partial charge in [0.05, 0.1) is 28.6 Å². The Morgan fingerprint density at radius 3 is 2.62 bits per heavy atom. The highest BCUT2D eigenvalue weighted by atomic mass is 32.2. The molecule has 172 valence electrons. The van der Waals surface area contributed by atoms with Crippen LogP contribution in [0.1, 0.15) is 16.9 Å². The van der Waals surface area contributed by atoms with Crippen molar-refractivity contribution >= 4 is 61.3 Å². The zero-order chi connectivity index (χ0) is 23.7. The number of morpholine rings is 1. The fourth-order valence-electron chi connectivity index (χ4n) is 3.48. The number of hydrogen-bond acceptors (Lipinski definition) is 8. The predicted octanol–water partition coefficient (Wildman–Crippen LogP) is 2.74. The first kappa shape index (κ1) is 22.8. The number of nitrogens with zero attached hydrogens (tertiary/aromatic N) is 2. The van der Waals surface area contributed by atoms with Crippen LogP contribution in [-0.2, 0) is 19.6 Å². The van der Waals surface area contributed by atoms with Crippen molar-refractivity contribution in [3.05, 3.63) is 64.5 Å². The molecule has 4 heterocycles. The summed E-state index contributed by atoms with van der Waals surface area (Å²) in [5, 5.41) is 3.31. The molecule has 1 N–H and O–H groups in total. The van der Waals surface area contributed by atoms with Gasteiger partial charge in [-0.1, -0.05) is 35.8 Å². The second-order valence-corrected chi connectivity index (χ2v) is 11.1. The molecular formula is C23H17N3O5S3. The lowest BCUT2D eigenvalue weighted by Crippen LogP contribution is -2.40. The van der Waals surface area contributed by atoms with Crippen LogP contribution >= 0.6 is 24.0 Å². The fraction of sp³-hybridized carbons (Fsp3) is 0.174. The topological polar surface area (TPSA) is 102 Å². The molecule has 0 atom stereocenters. The van der Waals surface area contributed by atoms with Gasteiger partial charge in [-0.05, 0) is 30.3 Å². The highest BCUT2D eigenvalue weighted by Gasteiger charge is 2.26. The van der Waals surface area contributed by atoms with Crippen molar-refractivity contribution in [1.82, 2.24) is 14.6 Å². The molecule has 1 aromatic carbocycles. The molecule has 2 aliphatic rings. The summed E-state index contributed by atoms with van der Waals surface area (Å²) in [7, 11) is -3.55. The molecule has 0 unspecified atom stereocenters. The summed E-state index contributed by atoms with van der Waals surface area (Å²) in [5.41, 5.74) is 1.78. The van der Waals surface area contributed by atoms with Crippen molar-refractivity contribution in [2.24, 2.45) is 0 Å². The van der Waals surface area contributed by atoms with Crippen molar-refractivity contribution in [3.8, 4) is 11.8 Å². The number of pyridine rings is 1. The highest BCUT2D eigenvalue weighted by Crippen LogP contribution is 2.29. The van der Waals surface area contributed by atoms with Gasteiger partial charge in [0.1, 0.15) is 10.1 Å². The van der Waals surface area contributed by atoms with Crippen LogP contribution in [0.25, 0.3) is 17.0 Å². The number of fused-ring (bicyclic) bond motifs is 1. The number of thiocarbonyl (C=S) groups is 1. The smallest absolute Gasteiger partial charge is 0.263 e. The third kappa shape index (κ3) is 4.64. The number of nitrogens with one attached hydrogen (secondary N) is 1. The van der Waals surface area contributed by atoms with Crippen LogP contribution in [0.4, 0.5) is 0 Å². The summed E-state index contributed by atoms with van der Waals surface area (Å²) in [6.45, 7) is 1.48. The maximum Gasteiger partial charge on any atom is 0.263 e. The second kappa shape index (κ2) is 9.32. The molecule has 8 nitrogen and oxygen atoms in total. The second-order valence-electron chi connectivity index (χ2n) is 7.40. The lowest BCUT2D eigenvalue weighted by atomic mass is 10.2. The lowest BCUT2D eigenvalue weighted by molar-refractivity contribution is -0.115. The Balaban J connectivity index is 1.39. The van der Waals surface area contributed by atoms with Crippen molar-refractivity contribution in [2.45, 2.75) is 4.90 Å². The monoisotopic (exact) mass is 511 g/mol. The molecule has 2 fully saturated rings. The van der Waals surface area contributed by atoms with Crippen LogP contribution in [0.15, 0.2) is 56.9 Å². The van der Waals surface area contributed by atoms with E-state index in [1.807, 2.05) is 0 Å². The zero-order valence-electron chi connectivity index (χ0n) is 17.6. The number of sulfonamides is 1. The van der Waals surface area contributed by atoms with Gasteiger partial charge < -0.3 is 14.5 Å². The number of ether oxygens (including phenoxy) is 1. The Kier molecular flexibility index (Phi) is 6.24. The van der Waals surface area contributed by atoms with Gasteiger partial charge in [0, 0.05) is 42.5 Å². The Bertz CT molecular complexity index is 1490. The van der Waals surface area contributed by atoms with E-state index >= 15 is 0 Å². The van der Waals surface area contributed by atoms with E-state index in [0.29, 0.717) is 58.0 Å².